The zero-order chi connectivity index (χ0) is 33.3. The summed E-state index contributed by atoms with van der Waals surface area (Å²) < 4.78 is 5.51. The van der Waals surface area contributed by atoms with Gasteiger partial charge in [0.25, 0.3) is 11.8 Å². The third-order valence-electron chi connectivity index (χ3n) is 7.79. The van der Waals surface area contributed by atoms with Crippen LogP contribution < -0.4 is 10.6 Å². The van der Waals surface area contributed by atoms with Crippen LogP contribution in [0.5, 0.6) is 0 Å². The molecule has 0 fully saturated rings. The Morgan fingerprint density at radius 2 is 1.49 bits per heavy atom. The molecule has 0 saturated heterocycles. The lowest BCUT2D eigenvalue weighted by atomic mass is 9.95. The molecular weight excluding hydrogens is 639 g/mol. The molecule has 4 aromatic carbocycles. The van der Waals surface area contributed by atoms with Crippen LogP contribution in [0.25, 0.3) is 0 Å². The number of ether oxygens (including phenoxy) is 1. The normalized spacial score (nSPS) is 12.9. The quantitative estimate of drug-likeness (QED) is 0.194. The average molecular weight is 674 g/mol. The number of carbonyl (C=O) groups is 4. The highest BCUT2D eigenvalue weighted by molar-refractivity contribution is 6.41. The van der Waals surface area contributed by atoms with Crippen molar-refractivity contribution in [1.82, 2.24) is 20.4 Å². The molecule has 0 saturated carbocycles. The van der Waals surface area contributed by atoms with Crippen LogP contribution in [0.3, 0.4) is 0 Å². The number of nitrogens with zero attached hydrogens (tertiary/aromatic N) is 2. The predicted molar refractivity (Wildman–Crippen MR) is 180 cm³/mol. The second-order valence-electron chi connectivity index (χ2n) is 11.2. The highest BCUT2D eigenvalue weighted by atomic mass is 35.5. The van der Waals surface area contributed by atoms with Gasteiger partial charge in [-0.3, -0.25) is 9.59 Å². The first-order chi connectivity index (χ1) is 22.7. The van der Waals surface area contributed by atoms with Crippen molar-refractivity contribution < 1.29 is 23.9 Å². The lowest BCUT2D eigenvalue weighted by molar-refractivity contribution is -0.147. The number of rotatable bonds is 11. The monoisotopic (exact) mass is 672 g/mol. The number of halogens is 2. The summed E-state index contributed by atoms with van der Waals surface area (Å²) in [6, 6.07) is 27.9. The summed E-state index contributed by atoms with van der Waals surface area (Å²) in [4.78, 5) is 56.4. The lowest BCUT2D eigenvalue weighted by Crippen LogP contribution is -2.51. The van der Waals surface area contributed by atoms with E-state index in [4.69, 9.17) is 27.9 Å². The first kappa shape index (κ1) is 33.5. The van der Waals surface area contributed by atoms with Gasteiger partial charge in [0.05, 0.1) is 22.2 Å². The van der Waals surface area contributed by atoms with E-state index in [1.165, 1.54) is 11.0 Å². The number of nitrogens with one attached hydrogen (secondary N) is 2. The summed E-state index contributed by atoms with van der Waals surface area (Å²) in [5.41, 5.74) is 3.44. The van der Waals surface area contributed by atoms with Crippen LogP contribution in [0.2, 0.25) is 10.0 Å². The van der Waals surface area contributed by atoms with Gasteiger partial charge >= 0.3 is 12.0 Å². The number of amides is 4. The van der Waals surface area contributed by atoms with E-state index in [0.717, 1.165) is 16.7 Å². The van der Waals surface area contributed by atoms with E-state index >= 15 is 0 Å². The van der Waals surface area contributed by atoms with Crippen LogP contribution >= 0.6 is 23.2 Å². The van der Waals surface area contributed by atoms with E-state index in [9.17, 15) is 19.2 Å². The second-order valence-corrected chi connectivity index (χ2v) is 12.0. The van der Waals surface area contributed by atoms with Gasteiger partial charge in [0.1, 0.15) is 12.6 Å². The van der Waals surface area contributed by atoms with Crippen molar-refractivity contribution in [2.75, 3.05) is 20.1 Å². The summed E-state index contributed by atoms with van der Waals surface area (Å²) in [5.74, 6) is -1.74. The molecule has 0 aliphatic carbocycles. The van der Waals surface area contributed by atoms with Crippen LogP contribution in [0.4, 0.5) is 4.79 Å². The molecule has 0 bridgehead atoms. The number of hydrogen-bond acceptors (Lipinski definition) is 5. The molecule has 0 unspecified atom stereocenters. The molecule has 4 amide bonds. The molecule has 4 aromatic rings. The standard InChI is InChI=1S/C36H34Cl2N4O5/c1-41(21-24-11-5-2-6-12-24)36(46)39-20-30(35(45)47-23-26-15-9-4-10-16-26)40-33(43)31-29(37)19-28-27(32(31)38)17-18-42(34(28)44)22-25-13-7-3-8-14-25/h2-16,19,30H,17-18,20-23H2,1H3,(H,39,46)(H,40,43)/t30-/m0/s1. The first-order valence-corrected chi connectivity index (χ1v) is 15.8. The summed E-state index contributed by atoms with van der Waals surface area (Å²) in [5, 5.41) is 5.35. The Kier molecular flexibility index (Phi) is 11.1. The minimum absolute atomic E-state index is 0.0319. The third kappa shape index (κ3) is 8.49. The first-order valence-electron chi connectivity index (χ1n) is 15.1. The highest BCUT2D eigenvalue weighted by Crippen LogP contribution is 2.35. The van der Waals surface area contributed by atoms with Crippen LogP contribution in [0.15, 0.2) is 97.1 Å². The molecular formula is C36H34Cl2N4O5. The number of hydrogen-bond donors (Lipinski definition) is 2. The Bertz CT molecular complexity index is 1740. The average Bonchev–Trinajstić information content (AvgIpc) is 3.08. The number of fused-ring (bicyclic) bond motifs is 1. The van der Waals surface area contributed by atoms with Crippen molar-refractivity contribution >= 4 is 47.0 Å². The molecule has 11 heteroatoms. The Labute approximate surface area is 283 Å². The molecule has 9 nitrogen and oxygen atoms in total. The summed E-state index contributed by atoms with van der Waals surface area (Å²) in [7, 11) is 1.62. The fourth-order valence-electron chi connectivity index (χ4n) is 5.28. The van der Waals surface area contributed by atoms with E-state index in [1.54, 1.807) is 24.1 Å². The van der Waals surface area contributed by atoms with Crippen molar-refractivity contribution in [3.63, 3.8) is 0 Å². The molecule has 242 valence electrons. The summed E-state index contributed by atoms with van der Waals surface area (Å²) >= 11 is 13.3. The molecule has 2 N–H and O–H groups in total. The molecule has 5 rings (SSSR count). The van der Waals surface area contributed by atoms with Crippen molar-refractivity contribution in [3.05, 3.63) is 140 Å². The fraction of sp³-hybridized carbons (Fsp3) is 0.222. The van der Waals surface area contributed by atoms with Crippen molar-refractivity contribution in [1.29, 1.82) is 0 Å². The van der Waals surface area contributed by atoms with Gasteiger partial charge in [-0.1, -0.05) is 114 Å². The molecule has 0 spiro atoms. The Morgan fingerprint density at radius 3 is 2.13 bits per heavy atom. The van der Waals surface area contributed by atoms with E-state index in [2.05, 4.69) is 10.6 Å². The van der Waals surface area contributed by atoms with E-state index < -0.39 is 23.9 Å². The van der Waals surface area contributed by atoms with Crippen LogP contribution in [0.1, 0.15) is 43.0 Å². The van der Waals surface area contributed by atoms with Crippen LogP contribution in [-0.4, -0.2) is 59.8 Å². The van der Waals surface area contributed by atoms with Crippen LogP contribution in [0, 0.1) is 0 Å². The van der Waals surface area contributed by atoms with Gasteiger partial charge in [0.2, 0.25) is 0 Å². The Morgan fingerprint density at radius 1 is 0.894 bits per heavy atom. The van der Waals surface area contributed by atoms with Gasteiger partial charge in [-0.05, 0) is 34.7 Å². The maximum absolute atomic E-state index is 13.7. The zero-order valence-electron chi connectivity index (χ0n) is 25.7. The van der Waals surface area contributed by atoms with Gasteiger partial charge in [0.15, 0.2) is 0 Å². The van der Waals surface area contributed by atoms with Crippen molar-refractivity contribution in [3.8, 4) is 0 Å². The largest absolute Gasteiger partial charge is 0.459 e. The highest BCUT2D eigenvalue weighted by Gasteiger charge is 2.32. The minimum Gasteiger partial charge on any atom is -0.459 e. The molecule has 1 atom stereocenters. The van der Waals surface area contributed by atoms with Crippen molar-refractivity contribution in [2.24, 2.45) is 0 Å². The minimum atomic E-state index is -1.27. The topological polar surface area (TPSA) is 108 Å². The van der Waals surface area contributed by atoms with Crippen molar-refractivity contribution in [2.45, 2.75) is 32.2 Å². The number of esters is 1. The smallest absolute Gasteiger partial charge is 0.330 e. The van der Waals surface area contributed by atoms with Gasteiger partial charge in [-0.15, -0.1) is 0 Å². The maximum atomic E-state index is 13.7. The molecule has 47 heavy (non-hydrogen) atoms. The molecule has 0 radical (unpaired) electrons. The van der Waals surface area contributed by atoms with Gasteiger partial charge in [-0.2, -0.15) is 0 Å². The van der Waals surface area contributed by atoms with Gasteiger partial charge < -0.3 is 25.2 Å². The van der Waals surface area contributed by atoms with Crippen LogP contribution in [-0.2, 0) is 35.6 Å². The van der Waals surface area contributed by atoms with E-state index in [1.807, 2.05) is 78.9 Å². The number of carbonyl (C=O) groups excluding carboxylic acids is 4. The second kappa shape index (κ2) is 15.6. The van der Waals surface area contributed by atoms with E-state index in [0.29, 0.717) is 37.2 Å². The number of benzene rings is 4. The molecule has 1 heterocycles. The zero-order valence-corrected chi connectivity index (χ0v) is 27.3. The predicted octanol–water partition coefficient (Wildman–Crippen LogP) is 5.88. The van der Waals surface area contributed by atoms with Gasteiger partial charge in [0, 0.05) is 32.2 Å². The Hall–Kier alpha value is -4.86. The number of urea groups is 1. The molecule has 1 aliphatic heterocycles. The van der Waals surface area contributed by atoms with E-state index in [-0.39, 0.29) is 34.7 Å². The lowest BCUT2D eigenvalue weighted by Gasteiger charge is -2.30. The third-order valence-corrected chi connectivity index (χ3v) is 8.51. The molecule has 0 aromatic heterocycles. The summed E-state index contributed by atoms with van der Waals surface area (Å²) in [6.45, 7) is 0.875. The summed E-state index contributed by atoms with van der Waals surface area (Å²) in [6.07, 6.45) is 0.413. The van der Waals surface area contributed by atoms with Gasteiger partial charge in [-0.25, -0.2) is 9.59 Å². The maximum Gasteiger partial charge on any atom is 0.330 e. The molecule has 1 aliphatic rings. The Balaban J connectivity index is 1.31. The SMILES string of the molecule is CN(Cc1ccccc1)C(=O)NC[C@H](NC(=O)c1c(Cl)cc2c(c1Cl)CCN(Cc1ccccc1)C2=O)C(=O)OCc1ccccc1. The fourth-order valence-corrected chi connectivity index (χ4v) is 6.00.